The molecule has 0 aliphatic carbocycles. The van der Waals surface area contributed by atoms with Gasteiger partial charge in [-0.15, -0.1) is 11.6 Å². The number of pyridine rings is 1. The van der Waals surface area contributed by atoms with Crippen LogP contribution in [0.5, 0.6) is 0 Å². The topological polar surface area (TPSA) is 12.9 Å². The van der Waals surface area contributed by atoms with Crippen LogP contribution >= 0.6 is 11.6 Å². The molecule has 20 heavy (non-hydrogen) atoms. The fraction of sp³-hybridized carbons (Fsp3) is 0.722. The van der Waals surface area contributed by atoms with Crippen LogP contribution in [0.3, 0.4) is 0 Å². The Morgan fingerprint density at radius 3 is 1.75 bits per heavy atom. The van der Waals surface area contributed by atoms with Crippen molar-refractivity contribution < 1.29 is 0 Å². The van der Waals surface area contributed by atoms with E-state index in [-0.39, 0.29) is 0 Å². The number of hydrogen-bond donors (Lipinski definition) is 0. The highest BCUT2D eigenvalue weighted by atomic mass is 35.5. The number of rotatable bonds is 10. The summed E-state index contributed by atoms with van der Waals surface area (Å²) in [4.78, 5) is 3.98. The SMILES string of the molecule is CCCCCCCCCCCCCl.Cc1ccccn1. The minimum Gasteiger partial charge on any atom is -0.262 e. The average molecular weight is 298 g/mol. The first-order valence-corrected chi connectivity index (χ1v) is 8.78. The molecule has 0 aromatic carbocycles. The van der Waals surface area contributed by atoms with Gasteiger partial charge in [-0.1, -0.05) is 70.8 Å². The van der Waals surface area contributed by atoms with Crippen molar-refractivity contribution in [1.29, 1.82) is 0 Å². The summed E-state index contributed by atoms with van der Waals surface area (Å²) in [7, 11) is 0. The second-order valence-electron chi connectivity index (χ2n) is 5.34. The Bertz CT molecular complexity index is 264. The Morgan fingerprint density at radius 2 is 1.40 bits per heavy atom. The number of halogens is 1. The Labute approximate surface area is 131 Å². The lowest BCUT2D eigenvalue weighted by Crippen LogP contribution is -1.81. The summed E-state index contributed by atoms with van der Waals surface area (Å²) < 4.78 is 0. The van der Waals surface area contributed by atoms with Gasteiger partial charge in [-0.2, -0.15) is 0 Å². The van der Waals surface area contributed by atoms with Crippen LogP contribution in [0.1, 0.15) is 76.8 Å². The van der Waals surface area contributed by atoms with Crippen LogP contribution in [0, 0.1) is 6.92 Å². The highest BCUT2D eigenvalue weighted by Crippen LogP contribution is 2.10. The first kappa shape index (κ1) is 19.4. The van der Waals surface area contributed by atoms with E-state index in [1.54, 1.807) is 6.20 Å². The summed E-state index contributed by atoms with van der Waals surface area (Å²) in [6, 6.07) is 5.86. The number of alkyl halides is 1. The van der Waals surface area contributed by atoms with Gasteiger partial charge >= 0.3 is 0 Å². The molecular formula is C18H32ClN. The number of aromatic nitrogens is 1. The van der Waals surface area contributed by atoms with Gasteiger partial charge in [0.15, 0.2) is 0 Å². The highest BCUT2D eigenvalue weighted by Gasteiger charge is 1.91. The van der Waals surface area contributed by atoms with Gasteiger partial charge in [-0.3, -0.25) is 4.98 Å². The third-order valence-electron chi connectivity index (χ3n) is 3.30. The van der Waals surface area contributed by atoms with Gasteiger partial charge in [0, 0.05) is 17.8 Å². The van der Waals surface area contributed by atoms with Crippen LogP contribution in [0.25, 0.3) is 0 Å². The van der Waals surface area contributed by atoms with Crippen molar-refractivity contribution in [3.05, 3.63) is 30.1 Å². The zero-order chi connectivity index (χ0) is 14.9. The molecule has 0 bridgehead atoms. The second kappa shape index (κ2) is 16.5. The summed E-state index contributed by atoms with van der Waals surface area (Å²) in [6.07, 6.45) is 15.7. The third-order valence-corrected chi connectivity index (χ3v) is 3.57. The Kier molecular flexibility index (Phi) is 16.0. The zero-order valence-electron chi connectivity index (χ0n) is 13.4. The summed E-state index contributed by atoms with van der Waals surface area (Å²) in [6.45, 7) is 4.24. The van der Waals surface area contributed by atoms with Crippen molar-refractivity contribution in [1.82, 2.24) is 4.98 Å². The molecule has 116 valence electrons. The van der Waals surface area contributed by atoms with Crippen molar-refractivity contribution in [2.24, 2.45) is 0 Å². The van der Waals surface area contributed by atoms with Crippen molar-refractivity contribution in [2.45, 2.75) is 78.1 Å². The molecule has 0 amide bonds. The predicted octanol–water partition coefficient (Wildman–Crippen LogP) is 6.54. The minimum absolute atomic E-state index is 0.844. The number of nitrogens with zero attached hydrogens (tertiary/aromatic N) is 1. The molecule has 2 heteroatoms. The normalized spacial score (nSPS) is 9.95. The summed E-state index contributed by atoms with van der Waals surface area (Å²) in [5, 5.41) is 0. The molecule has 1 nitrogen and oxygen atoms in total. The molecule has 0 fully saturated rings. The van der Waals surface area contributed by atoms with E-state index in [0.29, 0.717) is 0 Å². The standard InChI is InChI=1S/C12H25Cl.C6H7N/c1-2-3-4-5-6-7-8-9-10-11-12-13;1-6-4-2-3-5-7-6/h2-12H2,1H3;2-5H,1H3. The molecular weight excluding hydrogens is 266 g/mol. The van der Waals surface area contributed by atoms with Crippen LogP contribution in [-0.2, 0) is 0 Å². The first-order valence-electron chi connectivity index (χ1n) is 8.24. The Morgan fingerprint density at radius 1 is 0.850 bits per heavy atom. The fourth-order valence-corrected chi connectivity index (χ4v) is 2.22. The summed E-state index contributed by atoms with van der Waals surface area (Å²) >= 11 is 5.60. The molecule has 1 aromatic heterocycles. The summed E-state index contributed by atoms with van der Waals surface area (Å²) in [5.41, 5.74) is 1.07. The van der Waals surface area contributed by atoms with Crippen LogP contribution in [0.4, 0.5) is 0 Å². The van der Waals surface area contributed by atoms with Gasteiger partial charge in [0.05, 0.1) is 0 Å². The molecule has 1 aromatic rings. The average Bonchev–Trinajstić information content (AvgIpc) is 2.47. The molecule has 0 spiro atoms. The number of aryl methyl sites for hydroxylation is 1. The van der Waals surface area contributed by atoms with Crippen LogP contribution < -0.4 is 0 Å². The molecule has 0 saturated carbocycles. The second-order valence-corrected chi connectivity index (χ2v) is 5.72. The maximum absolute atomic E-state index is 5.60. The van der Waals surface area contributed by atoms with Crippen molar-refractivity contribution in [3.8, 4) is 0 Å². The van der Waals surface area contributed by atoms with E-state index in [9.17, 15) is 0 Å². The van der Waals surface area contributed by atoms with Gasteiger partial charge in [-0.05, 0) is 25.5 Å². The van der Waals surface area contributed by atoms with E-state index in [2.05, 4.69) is 11.9 Å². The van der Waals surface area contributed by atoms with E-state index in [0.717, 1.165) is 11.6 Å². The molecule has 0 aliphatic rings. The van der Waals surface area contributed by atoms with E-state index >= 15 is 0 Å². The van der Waals surface area contributed by atoms with Crippen molar-refractivity contribution in [3.63, 3.8) is 0 Å². The molecule has 0 saturated heterocycles. The number of unbranched alkanes of at least 4 members (excludes halogenated alkanes) is 9. The maximum Gasteiger partial charge on any atom is 0.0372 e. The quantitative estimate of drug-likeness (QED) is 0.353. The predicted molar refractivity (Wildman–Crippen MR) is 91.5 cm³/mol. The van der Waals surface area contributed by atoms with E-state index in [1.165, 1.54) is 64.2 Å². The third kappa shape index (κ3) is 15.5. The molecule has 1 rings (SSSR count). The van der Waals surface area contributed by atoms with Gasteiger partial charge in [-0.25, -0.2) is 0 Å². The smallest absolute Gasteiger partial charge is 0.0372 e. The van der Waals surface area contributed by atoms with Crippen LogP contribution in [0.2, 0.25) is 0 Å². The molecule has 1 heterocycles. The molecule has 0 atom stereocenters. The first-order chi connectivity index (χ1) is 9.81. The van der Waals surface area contributed by atoms with Crippen LogP contribution in [0.15, 0.2) is 24.4 Å². The van der Waals surface area contributed by atoms with Gasteiger partial charge in [0.2, 0.25) is 0 Å². The fourth-order valence-electron chi connectivity index (χ4n) is 2.03. The van der Waals surface area contributed by atoms with Crippen molar-refractivity contribution in [2.75, 3.05) is 5.88 Å². The monoisotopic (exact) mass is 297 g/mol. The van der Waals surface area contributed by atoms with E-state index < -0.39 is 0 Å². The number of hydrogen-bond acceptors (Lipinski definition) is 1. The van der Waals surface area contributed by atoms with Gasteiger partial charge in [0.1, 0.15) is 0 Å². The Balaban J connectivity index is 0.000000428. The Hall–Kier alpha value is -0.560. The van der Waals surface area contributed by atoms with E-state index in [1.807, 2.05) is 25.1 Å². The van der Waals surface area contributed by atoms with Gasteiger partial charge in [0.25, 0.3) is 0 Å². The van der Waals surface area contributed by atoms with Crippen LogP contribution in [-0.4, -0.2) is 10.9 Å². The van der Waals surface area contributed by atoms with E-state index in [4.69, 9.17) is 11.6 Å². The van der Waals surface area contributed by atoms with Gasteiger partial charge < -0.3 is 0 Å². The molecule has 0 aliphatic heterocycles. The summed E-state index contributed by atoms with van der Waals surface area (Å²) in [5.74, 6) is 0.844. The largest absolute Gasteiger partial charge is 0.262 e. The molecule has 0 unspecified atom stereocenters. The molecule has 0 radical (unpaired) electrons. The minimum atomic E-state index is 0.844. The zero-order valence-corrected chi connectivity index (χ0v) is 14.2. The lowest BCUT2D eigenvalue weighted by molar-refractivity contribution is 0.563. The maximum atomic E-state index is 5.60. The molecule has 0 N–H and O–H groups in total. The highest BCUT2D eigenvalue weighted by molar-refractivity contribution is 6.17. The lowest BCUT2D eigenvalue weighted by atomic mass is 10.1. The lowest BCUT2D eigenvalue weighted by Gasteiger charge is -2.00. The van der Waals surface area contributed by atoms with Crippen molar-refractivity contribution >= 4 is 11.6 Å².